The molecule has 0 saturated heterocycles. The van der Waals surface area contributed by atoms with E-state index in [2.05, 4.69) is 41.0 Å². The lowest BCUT2D eigenvalue weighted by molar-refractivity contribution is 0.600. The van der Waals surface area contributed by atoms with Crippen LogP contribution in [0.5, 0.6) is 0 Å². The topological polar surface area (TPSA) is 69.9 Å². The van der Waals surface area contributed by atoms with Crippen molar-refractivity contribution in [3.8, 4) is 0 Å². The van der Waals surface area contributed by atoms with Crippen LogP contribution in [-0.2, 0) is 13.0 Å². The smallest absolute Gasteiger partial charge is 0.110 e. The van der Waals surface area contributed by atoms with Crippen LogP contribution >= 0.6 is 0 Å². The molecule has 4 nitrogen and oxygen atoms in total. The number of aryl methyl sites for hydroxylation is 1. The molecule has 2 aromatic carbocycles. The average molecular weight is 336 g/mol. The Morgan fingerprint density at radius 1 is 0.880 bits per heavy atom. The van der Waals surface area contributed by atoms with E-state index < -0.39 is 0 Å². The van der Waals surface area contributed by atoms with E-state index in [1.807, 2.05) is 12.1 Å². The van der Waals surface area contributed by atoms with Gasteiger partial charge in [-0.1, -0.05) is 49.6 Å². The molecule has 0 atom stereocenters. The largest absolute Gasteiger partial charge is 0.399 e. The van der Waals surface area contributed by atoms with Crippen LogP contribution in [0.15, 0.2) is 48.5 Å². The zero-order valence-electron chi connectivity index (χ0n) is 14.8. The molecule has 0 bridgehead atoms. The first-order chi connectivity index (χ1) is 12.3. The van der Waals surface area contributed by atoms with Crippen LogP contribution in [0.4, 0.5) is 5.69 Å². The van der Waals surface area contributed by atoms with Crippen molar-refractivity contribution in [3.63, 3.8) is 0 Å². The lowest BCUT2D eigenvalue weighted by Crippen LogP contribution is -2.05. The molecule has 25 heavy (non-hydrogen) atoms. The van der Waals surface area contributed by atoms with Gasteiger partial charge in [0.05, 0.1) is 11.0 Å². The van der Waals surface area contributed by atoms with Crippen LogP contribution < -0.4 is 11.5 Å². The molecule has 0 fully saturated rings. The van der Waals surface area contributed by atoms with Gasteiger partial charge in [-0.25, -0.2) is 4.98 Å². The molecule has 0 spiro atoms. The predicted molar refractivity (Wildman–Crippen MR) is 106 cm³/mol. The van der Waals surface area contributed by atoms with E-state index in [0.29, 0.717) is 0 Å². The van der Waals surface area contributed by atoms with Crippen molar-refractivity contribution < 1.29 is 0 Å². The van der Waals surface area contributed by atoms with E-state index in [4.69, 9.17) is 16.5 Å². The number of benzene rings is 2. The van der Waals surface area contributed by atoms with E-state index in [1.54, 1.807) is 0 Å². The quantitative estimate of drug-likeness (QED) is 0.456. The van der Waals surface area contributed by atoms with E-state index in [1.165, 1.54) is 24.8 Å². The lowest BCUT2D eigenvalue weighted by atomic mass is 10.1. The van der Waals surface area contributed by atoms with Gasteiger partial charge >= 0.3 is 0 Å². The number of hydrogen-bond donors (Lipinski definition) is 2. The van der Waals surface area contributed by atoms with Crippen LogP contribution in [0.1, 0.15) is 43.5 Å². The van der Waals surface area contributed by atoms with E-state index in [-0.39, 0.29) is 0 Å². The van der Waals surface area contributed by atoms with E-state index >= 15 is 0 Å². The number of nitrogens with two attached hydrogens (primary N) is 2. The molecule has 4 N–H and O–H groups in total. The summed E-state index contributed by atoms with van der Waals surface area (Å²) in [7, 11) is 0. The summed E-state index contributed by atoms with van der Waals surface area (Å²) in [4.78, 5) is 4.87. The highest BCUT2D eigenvalue weighted by Gasteiger charge is 2.11. The molecular weight excluding hydrogens is 308 g/mol. The maximum Gasteiger partial charge on any atom is 0.110 e. The maximum atomic E-state index is 5.94. The standard InChI is InChI=1S/C21H28N4/c22-14-8-3-1-2-7-11-21-24-19-15-18(23)12-13-20(19)25(21)16-17-9-5-4-6-10-17/h4-6,9-10,12-13,15H,1-3,7-8,11,14,16,22-23H2. The number of nitrogens with zero attached hydrogens (tertiary/aromatic N) is 2. The second kappa shape index (κ2) is 8.67. The van der Waals surface area contributed by atoms with Crippen molar-refractivity contribution in [2.45, 2.75) is 45.1 Å². The molecule has 3 aromatic rings. The first-order valence-electron chi connectivity index (χ1n) is 9.26. The minimum atomic E-state index is 0.769. The monoisotopic (exact) mass is 336 g/mol. The normalized spacial score (nSPS) is 11.2. The molecule has 1 aromatic heterocycles. The molecule has 132 valence electrons. The molecule has 0 aliphatic rings. The van der Waals surface area contributed by atoms with Crippen molar-refractivity contribution in [1.29, 1.82) is 0 Å². The van der Waals surface area contributed by atoms with Crippen molar-refractivity contribution in [2.24, 2.45) is 5.73 Å². The summed E-state index contributed by atoms with van der Waals surface area (Å²) < 4.78 is 2.34. The van der Waals surface area contributed by atoms with Gasteiger partial charge in [0.15, 0.2) is 0 Å². The molecule has 1 heterocycles. The van der Waals surface area contributed by atoms with E-state index in [0.717, 1.165) is 54.9 Å². The highest BCUT2D eigenvalue weighted by Crippen LogP contribution is 2.22. The number of imidazole rings is 1. The fourth-order valence-corrected chi connectivity index (χ4v) is 3.29. The Morgan fingerprint density at radius 3 is 2.44 bits per heavy atom. The Bertz CT molecular complexity index is 792. The highest BCUT2D eigenvalue weighted by molar-refractivity contribution is 5.79. The van der Waals surface area contributed by atoms with Gasteiger partial charge in [-0.15, -0.1) is 0 Å². The Labute approximate surface area is 149 Å². The van der Waals surface area contributed by atoms with Gasteiger partial charge in [0.2, 0.25) is 0 Å². The summed E-state index contributed by atoms with van der Waals surface area (Å²) >= 11 is 0. The Balaban J connectivity index is 1.77. The lowest BCUT2D eigenvalue weighted by Gasteiger charge is -2.10. The van der Waals surface area contributed by atoms with Gasteiger partial charge in [0.1, 0.15) is 5.82 Å². The van der Waals surface area contributed by atoms with Gasteiger partial charge in [-0.2, -0.15) is 0 Å². The van der Waals surface area contributed by atoms with Crippen molar-refractivity contribution in [2.75, 3.05) is 12.3 Å². The molecule has 0 unspecified atom stereocenters. The average Bonchev–Trinajstić information content (AvgIpc) is 2.95. The fraction of sp³-hybridized carbons (Fsp3) is 0.381. The molecule has 0 aliphatic carbocycles. The van der Waals surface area contributed by atoms with Crippen LogP contribution in [-0.4, -0.2) is 16.1 Å². The van der Waals surface area contributed by atoms with Crippen LogP contribution in [0, 0.1) is 0 Å². The van der Waals surface area contributed by atoms with Crippen LogP contribution in [0.25, 0.3) is 11.0 Å². The fourth-order valence-electron chi connectivity index (χ4n) is 3.29. The second-order valence-electron chi connectivity index (χ2n) is 6.65. The zero-order valence-corrected chi connectivity index (χ0v) is 14.8. The molecule has 0 saturated carbocycles. The maximum absolute atomic E-state index is 5.94. The Kier molecular flexibility index (Phi) is 6.07. The van der Waals surface area contributed by atoms with Crippen LogP contribution in [0.2, 0.25) is 0 Å². The number of anilines is 1. The first kappa shape index (κ1) is 17.5. The third-order valence-corrected chi connectivity index (χ3v) is 4.64. The Hall–Kier alpha value is -2.33. The number of unbranched alkanes of at least 4 members (excludes halogenated alkanes) is 4. The summed E-state index contributed by atoms with van der Waals surface area (Å²) in [5, 5.41) is 0. The van der Waals surface area contributed by atoms with Crippen LogP contribution in [0.3, 0.4) is 0 Å². The summed E-state index contributed by atoms with van der Waals surface area (Å²) in [6, 6.07) is 16.6. The molecule has 0 amide bonds. The zero-order chi connectivity index (χ0) is 17.5. The van der Waals surface area contributed by atoms with Gasteiger partial charge in [-0.05, 0) is 43.1 Å². The van der Waals surface area contributed by atoms with E-state index in [9.17, 15) is 0 Å². The third kappa shape index (κ3) is 4.60. The highest BCUT2D eigenvalue weighted by atomic mass is 15.1. The molecule has 0 radical (unpaired) electrons. The van der Waals surface area contributed by atoms with Crippen molar-refractivity contribution in [3.05, 3.63) is 59.9 Å². The summed E-state index contributed by atoms with van der Waals surface area (Å²) in [6.07, 6.45) is 7.02. The molecule has 4 heteroatoms. The summed E-state index contributed by atoms with van der Waals surface area (Å²) in [5.41, 5.74) is 15.7. The number of nitrogen functional groups attached to an aromatic ring is 1. The minimum absolute atomic E-state index is 0.769. The van der Waals surface area contributed by atoms with Gasteiger partial charge < -0.3 is 16.0 Å². The summed E-state index contributed by atoms with van der Waals surface area (Å²) in [6.45, 7) is 1.65. The van der Waals surface area contributed by atoms with Crippen molar-refractivity contribution in [1.82, 2.24) is 9.55 Å². The van der Waals surface area contributed by atoms with Gasteiger partial charge in [0.25, 0.3) is 0 Å². The van der Waals surface area contributed by atoms with Gasteiger partial charge in [0, 0.05) is 18.7 Å². The number of fused-ring (bicyclic) bond motifs is 1. The molecular formula is C21H28N4. The molecule has 3 rings (SSSR count). The predicted octanol–water partition coefficient (Wildman–Crippen LogP) is 4.12. The Morgan fingerprint density at radius 2 is 1.64 bits per heavy atom. The number of rotatable bonds is 9. The van der Waals surface area contributed by atoms with Crippen molar-refractivity contribution >= 4 is 16.7 Å². The minimum Gasteiger partial charge on any atom is -0.399 e. The van der Waals surface area contributed by atoms with Gasteiger partial charge in [-0.3, -0.25) is 0 Å². The first-order valence-corrected chi connectivity index (χ1v) is 9.26. The number of hydrogen-bond acceptors (Lipinski definition) is 3. The second-order valence-corrected chi connectivity index (χ2v) is 6.65. The summed E-state index contributed by atoms with van der Waals surface area (Å²) in [5.74, 6) is 1.16. The SMILES string of the molecule is NCCCCCCCc1nc2cc(N)ccc2n1Cc1ccccc1. The third-order valence-electron chi connectivity index (χ3n) is 4.64. The number of aromatic nitrogens is 2. The molecule has 0 aliphatic heterocycles.